The van der Waals surface area contributed by atoms with Gasteiger partial charge in [0.1, 0.15) is 16.5 Å². The predicted molar refractivity (Wildman–Crippen MR) is 149 cm³/mol. The van der Waals surface area contributed by atoms with Crippen molar-refractivity contribution in [3.8, 4) is 22.3 Å². The number of nitrogens with one attached hydrogen (secondary N) is 4. The minimum absolute atomic E-state index is 0.0923. The topological polar surface area (TPSA) is 81.4 Å². The van der Waals surface area contributed by atoms with Gasteiger partial charge in [-0.3, -0.25) is 5.32 Å². The van der Waals surface area contributed by atoms with E-state index in [1.165, 1.54) is 35.1 Å². The molecule has 2 saturated heterocycles. The van der Waals surface area contributed by atoms with E-state index >= 15 is 0 Å². The van der Waals surface area contributed by atoms with Crippen molar-refractivity contribution in [2.24, 2.45) is 0 Å². The van der Waals surface area contributed by atoms with Crippen LogP contribution in [0.1, 0.15) is 43.4 Å². The summed E-state index contributed by atoms with van der Waals surface area (Å²) in [6.45, 7) is 2.12. The summed E-state index contributed by atoms with van der Waals surface area (Å²) in [4.78, 5) is 16.8. The number of thioether (sulfide) groups is 1. The summed E-state index contributed by atoms with van der Waals surface area (Å²) in [6.07, 6.45) is 6.81. The molecule has 2 aliphatic heterocycles. The molecule has 0 bridgehead atoms. The molecule has 7 heteroatoms. The first-order valence-corrected chi connectivity index (χ1v) is 14.1. The van der Waals surface area contributed by atoms with Gasteiger partial charge in [-0.2, -0.15) is 0 Å². The van der Waals surface area contributed by atoms with E-state index < -0.39 is 0 Å². The van der Waals surface area contributed by atoms with Crippen molar-refractivity contribution in [1.29, 1.82) is 0 Å². The van der Waals surface area contributed by atoms with Crippen LogP contribution < -0.4 is 10.6 Å². The summed E-state index contributed by atoms with van der Waals surface area (Å²) < 4.78 is 0. The molecule has 0 unspecified atom stereocenters. The minimum Gasteiger partial charge on any atom is -0.341 e. The molecule has 0 spiro atoms. The van der Waals surface area contributed by atoms with Crippen LogP contribution >= 0.6 is 11.8 Å². The minimum atomic E-state index is -0.0923. The average molecular weight is 495 g/mol. The second kappa shape index (κ2) is 8.76. The fraction of sp³-hybridized carbons (Fsp3) is 0.310. The molecule has 4 N–H and O–H groups in total. The maximum Gasteiger partial charge on any atom is 0.138 e. The molecule has 36 heavy (non-hydrogen) atoms. The first kappa shape index (κ1) is 22.1. The van der Waals surface area contributed by atoms with Gasteiger partial charge in [0.15, 0.2) is 0 Å². The number of H-pyrrole nitrogens is 2. The third kappa shape index (κ3) is 3.74. The molecule has 2 aromatic heterocycles. The van der Waals surface area contributed by atoms with Gasteiger partial charge in [-0.1, -0.05) is 36.4 Å². The maximum atomic E-state index is 4.93. The zero-order valence-electron chi connectivity index (χ0n) is 20.4. The van der Waals surface area contributed by atoms with Crippen molar-refractivity contribution in [2.45, 2.75) is 36.6 Å². The molecule has 0 aliphatic carbocycles. The quantitative estimate of drug-likeness (QED) is 0.237. The second-order valence-corrected chi connectivity index (χ2v) is 11.1. The summed E-state index contributed by atoms with van der Waals surface area (Å²) in [5.74, 6) is 2.09. The highest BCUT2D eigenvalue weighted by Gasteiger charge is 2.37. The lowest BCUT2D eigenvalue weighted by Crippen LogP contribution is -2.34. The van der Waals surface area contributed by atoms with Crippen molar-refractivity contribution in [1.82, 2.24) is 30.6 Å². The largest absolute Gasteiger partial charge is 0.341 e. The first-order valence-electron chi connectivity index (χ1n) is 12.9. The Labute approximate surface area is 214 Å². The molecule has 182 valence electrons. The third-order valence-electron chi connectivity index (χ3n) is 7.77. The predicted octanol–water partition coefficient (Wildman–Crippen LogP) is 6.10. The van der Waals surface area contributed by atoms with E-state index in [1.807, 2.05) is 11.8 Å². The second-order valence-electron chi connectivity index (χ2n) is 9.96. The van der Waals surface area contributed by atoms with Crippen LogP contribution in [0.15, 0.2) is 60.7 Å². The van der Waals surface area contributed by atoms with Gasteiger partial charge >= 0.3 is 0 Å². The molecule has 0 amide bonds. The van der Waals surface area contributed by atoms with Crippen LogP contribution in [-0.2, 0) is 4.87 Å². The number of rotatable bonds is 5. The number of imidazole rings is 2. The van der Waals surface area contributed by atoms with E-state index in [1.54, 1.807) is 0 Å². The zero-order valence-corrected chi connectivity index (χ0v) is 21.2. The van der Waals surface area contributed by atoms with Gasteiger partial charge in [0.05, 0.1) is 28.1 Å². The average Bonchev–Trinajstić information content (AvgIpc) is 3.73. The van der Waals surface area contributed by atoms with Crippen molar-refractivity contribution in [3.05, 3.63) is 72.3 Å². The molecule has 2 aliphatic rings. The molecular weight excluding hydrogens is 464 g/mol. The highest BCUT2D eigenvalue weighted by molar-refractivity contribution is 7.99. The van der Waals surface area contributed by atoms with Crippen molar-refractivity contribution >= 4 is 33.8 Å². The van der Waals surface area contributed by atoms with Gasteiger partial charge in [-0.15, -0.1) is 11.8 Å². The fourth-order valence-corrected chi connectivity index (χ4v) is 6.60. The molecule has 4 heterocycles. The summed E-state index contributed by atoms with van der Waals surface area (Å²) >= 11 is 1.84. The lowest BCUT2D eigenvalue weighted by Gasteiger charge is -2.24. The number of benzene rings is 3. The van der Waals surface area contributed by atoms with Gasteiger partial charge in [0.2, 0.25) is 0 Å². The molecule has 2 atom stereocenters. The van der Waals surface area contributed by atoms with E-state index in [9.17, 15) is 0 Å². The molecule has 0 radical (unpaired) electrons. The van der Waals surface area contributed by atoms with Gasteiger partial charge in [-0.25, -0.2) is 9.97 Å². The van der Waals surface area contributed by atoms with E-state index in [4.69, 9.17) is 9.97 Å². The van der Waals surface area contributed by atoms with Gasteiger partial charge in [0, 0.05) is 0 Å². The Morgan fingerprint density at radius 2 is 1.44 bits per heavy atom. The Balaban J connectivity index is 1.16. The van der Waals surface area contributed by atoms with Gasteiger partial charge in [0.25, 0.3) is 0 Å². The summed E-state index contributed by atoms with van der Waals surface area (Å²) in [5, 5.41) is 7.18. The molecule has 0 saturated carbocycles. The van der Waals surface area contributed by atoms with Crippen LogP contribution in [0, 0.1) is 0 Å². The van der Waals surface area contributed by atoms with E-state index in [-0.39, 0.29) is 4.87 Å². The van der Waals surface area contributed by atoms with Crippen LogP contribution in [0.25, 0.3) is 44.3 Å². The van der Waals surface area contributed by atoms with Gasteiger partial charge in [-0.05, 0) is 91.5 Å². The molecule has 3 aromatic carbocycles. The lowest BCUT2D eigenvalue weighted by atomic mass is 10.00. The number of aromatic nitrogens is 4. The first-order chi connectivity index (χ1) is 17.7. The van der Waals surface area contributed by atoms with Gasteiger partial charge < -0.3 is 15.3 Å². The van der Waals surface area contributed by atoms with E-state index in [0.29, 0.717) is 6.04 Å². The Bertz CT molecular complexity index is 1540. The van der Waals surface area contributed by atoms with Crippen LogP contribution in [0.4, 0.5) is 0 Å². The summed E-state index contributed by atoms with van der Waals surface area (Å²) in [7, 11) is 0. The van der Waals surface area contributed by atoms with E-state index in [0.717, 1.165) is 59.6 Å². The Morgan fingerprint density at radius 3 is 2.06 bits per heavy atom. The van der Waals surface area contributed by atoms with Crippen LogP contribution in [0.5, 0.6) is 0 Å². The maximum absolute atomic E-state index is 4.93. The standard InChI is InChI=1S/C29H30N6S/c1-36-29(13-3-15-31-29)28-34-23-12-10-21(17-26(23)35-28)19-7-5-18(6-8-19)20-9-11-22-25(16-20)33-27(32-22)24-4-2-14-30-24/h5-12,16-17,24,30-31H,2-4,13-15H2,1H3,(H,32,33)(H,34,35)/t24-,29+/m0/s1. The fourth-order valence-electron chi connectivity index (χ4n) is 5.72. The van der Waals surface area contributed by atoms with Crippen molar-refractivity contribution in [2.75, 3.05) is 19.3 Å². The van der Waals surface area contributed by atoms with Crippen molar-refractivity contribution in [3.63, 3.8) is 0 Å². The van der Waals surface area contributed by atoms with Crippen LogP contribution in [0.3, 0.4) is 0 Å². The normalized spacial score (nSPS) is 22.2. The lowest BCUT2D eigenvalue weighted by molar-refractivity contribution is 0.553. The Morgan fingerprint density at radius 1 is 0.778 bits per heavy atom. The van der Waals surface area contributed by atoms with Crippen LogP contribution in [-0.4, -0.2) is 39.3 Å². The highest BCUT2D eigenvalue weighted by Crippen LogP contribution is 2.39. The van der Waals surface area contributed by atoms with Crippen molar-refractivity contribution < 1.29 is 0 Å². The molecule has 7 rings (SSSR count). The zero-order chi connectivity index (χ0) is 24.1. The molecule has 2 fully saturated rings. The number of nitrogens with zero attached hydrogens (tertiary/aromatic N) is 2. The Hall–Kier alpha value is -3.13. The monoisotopic (exact) mass is 494 g/mol. The molecule has 5 aromatic rings. The van der Waals surface area contributed by atoms with E-state index in [2.05, 4.69) is 87.5 Å². The molecule has 6 nitrogen and oxygen atoms in total. The number of fused-ring (bicyclic) bond motifs is 2. The Kier molecular flexibility index (Phi) is 5.38. The number of hydrogen-bond acceptors (Lipinski definition) is 5. The highest BCUT2D eigenvalue weighted by atomic mass is 32.2. The number of hydrogen-bond donors (Lipinski definition) is 4. The summed E-state index contributed by atoms with van der Waals surface area (Å²) in [5.41, 5.74) is 9.03. The third-order valence-corrected chi connectivity index (χ3v) is 9.01. The number of aromatic amines is 2. The molecular formula is C29H30N6S. The summed E-state index contributed by atoms with van der Waals surface area (Å²) in [6, 6.07) is 22.2. The van der Waals surface area contributed by atoms with Crippen LogP contribution in [0.2, 0.25) is 0 Å². The SMILES string of the molecule is CS[C@@]1(c2nc3ccc(-c4ccc(-c5ccc6nc([C@@H]7CCCN7)[nH]c6c5)cc4)cc3[nH]2)CCCN1. The smallest absolute Gasteiger partial charge is 0.138 e.